The van der Waals surface area contributed by atoms with E-state index in [0.29, 0.717) is 0 Å². The van der Waals surface area contributed by atoms with Gasteiger partial charge in [-0.15, -0.1) is 0 Å². The van der Waals surface area contributed by atoms with Crippen molar-refractivity contribution in [2.24, 2.45) is 0 Å². The van der Waals surface area contributed by atoms with E-state index in [1.54, 1.807) is 6.08 Å². The van der Waals surface area contributed by atoms with E-state index in [1.165, 1.54) is 6.08 Å². The molecular formula is C10H8BrF3S. The standard InChI is InChI=1S/C10H8BrF3S/c11-9-5-3-8(4-6-9)2-1-7-15-10(12,13)14/h1-6H,7H2/b2-1+. The maximum atomic E-state index is 11.8. The smallest absolute Gasteiger partial charge is 0.160 e. The zero-order chi connectivity index (χ0) is 11.3. The van der Waals surface area contributed by atoms with Gasteiger partial charge in [0.2, 0.25) is 0 Å². The first-order valence-electron chi connectivity index (χ1n) is 4.10. The SMILES string of the molecule is FC(F)(F)SC/C=C/c1ccc(Br)cc1. The summed E-state index contributed by atoms with van der Waals surface area (Å²) in [7, 11) is 0. The topological polar surface area (TPSA) is 0 Å². The molecule has 15 heavy (non-hydrogen) atoms. The number of benzene rings is 1. The van der Waals surface area contributed by atoms with Gasteiger partial charge in [0.1, 0.15) is 0 Å². The van der Waals surface area contributed by atoms with Gasteiger partial charge in [0.05, 0.1) is 0 Å². The molecule has 0 amide bonds. The highest BCUT2D eigenvalue weighted by molar-refractivity contribution is 9.10. The van der Waals surface area contributed by atoms with Crippen LogP contribution in [0, 0.1) is 0 Å². The van der Waals surface area contributed by atoms with E-state index < -0.39 is 5.51 Å². The zero-order valence-corrected chi connectivity index (χ0v) is 9.99. The molecule has 0 unspecified atom stereocenters. The first kappa shape index (κ1) is 12.6. The molecule has 1 aromatic rings. The third-order valence-corrected chi connectivity index (χ3v) is 2.74. The predicted molar refractivity (Wildman–Crippen MR) is 61.7 cm³/mol. The Morgan fingerprint density at radius 3 is 2.33 bits per heavy atom. The normalized spacial score (nSPS) is 12.3. The van der Waals surface area contributed by atoms with Crippen LogP contribution in [-0.4, -0.2) is 11.3 Å². The van der Waals surface area contributed by atoms with E-state index in [-0.39, 0.29) is 17.5 Å². The summed E-state index contributed by atoms with van der Waals surface area (Å²) in [5.41, 5.74) is -3.26. The molecule has 0 bridgehead atoms. The molecule has 0 N–H and O–H groups in total. The van der Waals surface area contributed by atoms with E-state index in [2.05, 4.69) is 15.9 Å². The lowest BCUT2D eigenvalue weighted by Gasteiger charge is -2.01. The van der Waals surface area contributed by atoms with Crippen LogP contribution in [0.25, 0.3) is 6.08 Å². The molecule has 0 aliphatic carbocycles. The summed E-state index contributed by atoms with van der Waals surface area (Å²) < 4.78 is 36.2. The molecule has 0 radical (unpaired) electrons. The molecular weight excluding hydrogens is 289 g/mol. The van der Waals surface area contributed by atoms with Crippen LogP contribution in [0.15, 0.2) is 34.8 Å². The van der Waals surface area contributed by atoms with E-state index in [9.17, 15) is 13.2 Å². The van der Waals surface area contributed by atoms with Crippen LogP contribution in [0.1, 0.15) is 5.56 Å². The van der Waals surface area contributed by atoms with E-state index in [1.807, 2.05) is 24.3 Å². The first-order valence-corrected chi connectivity index (χ1v) is 5.88. The second kappa shape index (κ2) is 5.61. The Morgan fingerprint density at radius 1 is 1.20 bits per heavy atom. The van der Waals surface area contributed by atoms with Crippen LogP contribution in [-0.2, 0) is 0 Å². The highest BCUT2D eigenvalue weighted by Gasteiger charge is 2.26. The maximum Gasteiger partial charge on any atom is 0.442 e. The average molecular weight is 297 g/mol. The fourth-order valence-electron chi connectivity index (χ4n) is 0.901. The third kappa shape index (κ3) is 5.89. The molecule has 0 aliphatic heterocycles. The van der Waals surface area contributed by atoms with E-state index in [0.717, 1.165) is 10.0 Å². The van der Waals surface area contributed by atoms with Crippen molar-refractivity contribution in [2.45, 2.75) is 5.51 Å². The highest BCUT2D eigenvalue weighted by atomic mass is 79.9. The Balaban J connectivity index is 2.42. The molecule has 1 aromatic carbocycles. The molecule has 0 atom stereocenters. The van der Waals surface area contributed by atoms with Crippen LogP contribution in [0.3, 0.4) is 0 Å². The van der Waals surface area contributed by atoms with Gasteiger partial charge >= 0.3 is 5.51 Å². The molecule has 0 heterocycles. The van der Waals surface area contributed by atoms with Gasteiger partial charge in [-0.25, -0.2) is 0 Å². The number of thioether (sulfide) groups is 1. The lowest BCUT2D eigenvalue weighted by molar-refractivity contribution is -0.0326. The Labute approximate surface area is 98.7 Å². The maximum absolute atomic E-state index is 11.8. The minimum absolute atomic E-state index is 0.0401. The fourth-order valence-corrected chi connectivity index (χ4v) is 1.55. The van der Waals surface area contributed by atoms with Crippen LogP contribution < -0.4 is 0 Å². The van der Waals surface area contributed by atoms with Crippen LogP contribution in [0.5, 0.6) is 0 Å². The van der Waals surface area contributed by atoms with Gasteiger partial charge in [-0.3, -0.25) is 0 Å². The number of rotatable bonds is 3. The second-order valence-electron chi connectivity index (χ2n) is 2.71. The molecule has 1 rings (SSSR count). The van der Waals surface area contributed by atoms with Crippen LogP contribution >= 0.6 is 27.7 Å². The monoisotopic (exact) mass is 296 g/mol. The summed E-state index contributed by atoms with van der Waals surface area (Å²) in [6.45, 7) is 0. The van der Waals surface area contributed by atoms with Crippen molar-refractivity contribution >= 4 is 33.8 Å². The molecule has 0 saturated heterocycles. The summed E-state index contributed by atoms with van der Waals surface area (Å²) >= 11 is 3.24. The van der Waals surface area contributed by atoms with Gasteiger partial charge in [-0.05, 0) is 29.5 Å². The number of hydrogen-bond donors (Lipinski definition) is 0. The molecule has 5 heteroatoms. The lowest BCUT2D eigenvalue weighted by Crippen LogP contribution is -1.99. The summed E-state index contributed by atoms with van der Waals surface area (Å²) in [4.78, 5) is 0. The molecule has 0 nitrogen and oxygen atoms in total. The first-order chi connectivity index (χ1) is 6.97. The second-order valence-corrected chi connectivity index (χ2v) is 4.71. The van der Waals surface area contributed by atoms with Crippen molar-refractivity contribution < 1.29 is 13.2 Å². The average Bonchev–Trinajstić information content (AvgIpc) is 2.14. The zero-order valence-electron chi connectivity index (χ0n) is 7.59. The van der Waals surface area contributed by atoms with Crippen molar-refractivity contribution in [2.75, 3.05) is 5.75 Å². The Kier molecular flexibility index (Phi) is 4.73. The quantitative estimate of drug-likeness (QED) is 0.778. The van der Waals surface area contributed by atoms with Crippen LogP contribution in [0.2, 0.25) is 0 Å². The van der Waals surface area contributed by atoms with Gasteiger partial charge in [0, 0.05) is 10.2 Å². The van der Waals surface area contributed by atoms with Crippen molar-refractivity contribution in [1.82, 2.24) is 0 Å². The van der Waals surface area contributed by atoms with Crippen molar-refractivity contribution in [3.8, 4) is 0 Å². The van der Waals surface area contributed by atoms with Crippen LogP contribution in [0.4, 0.5) is 13.2 Å². The van der Waals surface area contributed by atoms with Crippen molar-refractivity contribution in [3.63, 3.8) is 0 Å². The summed E-state index contributed by atoms with van der Waals surface area (Å²) in [6.07, 6.45) is 3.17. The highest BCUT2D eigenvalue weighted by Crippen LogP contribution is 2.30. The summed E-state index contributed by atoms with van der Waals surface area (Å²) in [5, 5.41) is 0. The predicted octanol–water partition coefficient (Wildman–Crippen LogP) is 4.72. The molecule has 82 valence electrons. The summed E-state index contributed by atoms with van der Waals surface area (Å²) in [6, 6.07) is 7.35. The lowest BCUT2D eigenvalue weighted by atomic mass is 10.2. The van der Waals surface area contributed by atoms with Gasteiger partial charge in [0.15, 0.2) is 0 Å². The van der Waals surface area contributed by atoms with E-state index in [4.69, 9.17) is 0 Å². The number of halogens is 4. The minimum Gasteiger partial charge on any atom is -0.160 e. The molecule has 0 saturated carbocycles. The van der Waals surface area contributed by atoms with Crippen molar-refractivity contribution in [3.05, 3.63) is 40.4 Å². The third-order valence-electron chi connectivity index (χ3n) is 1.52. The minimum atomic E-state index is -4.15. The fraction of sp³-hybridized carbons (Fsp3) is 0.200. The van der Waals surface area contributed by atoms with Crippen molar-refractivity contribution in [1.29, 1.82) is 0 Å². The van der Waals surface area contributed by atoms with Gasteiger partial charge in [-0.1, -0.05) is 40.2 Å². The molecule has 0 spiro atoms. The largest absolute Gasteiger partial charge is 0.442 e. The Bertz CT molecular complexity index is 330. The number of hydrogen-bond acceptors (Lipinski definition) is 1. The summed E-state index contributed by atoms with van der Waals surface area (Å²) in [5.74, 6) is -0.0560. The van der Waals surface area contributed by atoms with Gasteiger partial charge in [0.25, 0.3) is 0 Å². The number of alkyl halides is 3. The van der Waals surface area contributed by atoms with Gasteiger partial charge < -0.3 is 0 Å². The Morgan fingerprint density at radius 2 is 1.80 bits per heavy atom. The molecule has 0 fully saturated rings. The molecule has 0 aliphatic rings. The van der Waals surface area contributed by atoms with Gasteiger partial charge in [-0.2, -0.15) is 13.2 Å². The van der Waals surface area contributed by atoms with E-state index >= 15 is 0 Å². The molecule has 0 aromatic heterocycles. The Hall–Kier alpha value is -0.420.